The maximum atomic E-state index is 5.13. The highest BCUT2D eigenvalue weighted by molar-refractivity contribution is 6.10. The van der Waals surface area contributed by atoms with E-state index in [1.54, 1.807) is 6.20 Å². The second kappa shape index (κ2) is 13.1. The minimum atomic E-state index is 0.685. The van der Waals surface area contributed by atoms with Crippen molar-refractivity contribution in [2.24, 2.45) is 0 Å². The summed E-state index contributed by atoms with van der Waals surface area (Å²) >= 11 is 0. The number of rotatable bonds is 4. The van der Waals surface area contributed by atoms with E-state index in [9.17, 15) is 0 Å². The first kappa shape index (κ1) is 31.1. The molecule has 0 saturated carbocycles. The van der Waals surface area contributed by atoms with Crippen LogP contribution in [-0.4, -0.2) is 29.1 Å². The Balaban J connectivity index is 0.000000161. The van der Waals surface area contributed by atoms with Crippen LogP contribution in [0.15, 0.2) is 170 Å². The standard InChI is InChI=1S/C29H20N4.C17H14N2/c1-19-18-28(32-24-14-6-2-10-20(24)21-11-3-7-15-25(21)32)31-29(30-19)33-26-16-8-4-12-22(26)23-13-5-9-17-27(23)33;1-13-11-16(14-7-3-2-4-8-14)19-17(12-13)15-9-5-6-10-18-15/h2-18H,1H3;2-12H,1H3. The van der Waals surface area contributed by atoms with Crippen LogP contribution in [0.1, 0.15) is 11.3 Å². The zero-order valence-corrected chi connectivity index (χ0v) is 28.8. The first-order chi connectivity index (χ1) is 25.6. The van der Waals surface area contributed by atoms with Gasteiger partial charge in [0.1, 0.15) is 5.82 Å². The van der Waals surface area contributed by atoms with Crippen LogP contribution in [0, 0.1) is 13.8 Å². The topological polar surface area (TPSA) is 61.4 Å². The molecule has 0 amide bonds. The molecule has 0 atom stereocenters. The van der Waals surface area contributed by atoms with Crippen molar-refractivity contribution in [3.63, 3.8) is 0 Å². The predicted octanol–water partition coefficient (Wildman–Crippen LogP) is 11.1. The van der Waals surface area contributed by atoms with Gasteiger partial charge < -0.3 is 0 Å². The molecule has 0 aliphatic heterocycles. The molecule has 6 heteroatoms. The molecule has 0 bridgehead atoms. The number of hydrogen-bond donors (Lipinski definition) is 0. The van der Waals surface area contributed by atoms with Crippen LogP contribution in [0.5, 0.6) is 0 Å². The Morgan fingerprint density at radius 3 is 1.46 bits per heavy atom. The third kappa shape index (κ3) is 5.56. The summed E-state index contributed by atoms with van der Waals surface area (Å²) in [5.74, 6) is 1.56. The first-order valence-electron chi connectivity index (χ1n) is 17.4. The first-order valence-corrected chi connectivity index (χ1v) is 17.4. The number of nitrogens with zero attached hydrogens (tertiary/aromatic N) is 6. The highest BCUT2D eigenvalue weighted by Crippen LogP contribution is 2.34. The van der Waals surface area contributed by atoms with Gasteiger partial charge in [-0.1, -0.05) is 109 Å². The van der Waals surface area contributed by atoms with E-state index in [-0.39, 0.29) is 0 Å². The molecule has 0 radical (unpaired) electrons. The predicted molar refractivity (Wildman–Crippen MR) is 213 cm³/mol. The van der Waals surface area contributed by atoms with Crippen molar-refractivity contribution in [3.05, 3.63) is 181 Å². The van der Waals surface area contributed by atoms with Gasteiger partial charge in [0.15, 0.2) is 0 Å². The van der Waals surface area contributed by atoms with Crippen LogP contribution in [-0.2, 0) is 0 Å². The van der Waals surface area contributed by atoms with E-state index in [1.807, 2.05) is 43.3 Å². The summed E-state index contributed by atoms with van der Waals surface area (Å²) < 4.78 is 4.42. The third-order valence-electron chi connectivity index (χ3n) is 9.38. The normalized spacial score (nSPS) is 11.3. The lowest BCUT2D eigenvalue weighted by molar-refractivity contribution is 0.928. The Morgan fingerprint density at radius 1 is 0.404 bits per heavy atom. The molecule has 0 N–H and O–H groups in total. The Labute approximate surface area is 301 Å². The van der Waals surface area contributed by atoms with E-state index < -0.39 is 0 Å². The van der Waals surface area contributed by atoms with Gasteiger partial charge in [-0.3, -0.25) is 14.1 Å². The Bertz CT molecular complexity index is 2570. The second-order valence-electron chi connectivity index (χ2n) is 12.9. The molecule has 5 aromatic heterocycles. The third-order valence-corrected chi connectivity index (χ3v) is 9.38. The smallest absolute Gasteiger partial charge is 0.236 e. The summed E-state index contributed by atoms with van der Waals surface area (Å²) in [7, 11) is 0. The van der Waals surface area contributed by atoms with E-state index in [1.165, 1.54) is 27.1 Å². The van der Waals surface area contributed by atoms with Crippen LogP contribution in [0.3, 0.4) is 0 Å². The van der Waals surface area contributed by atoms with E-state index >= 15 is 0 Å². The molecule has 0 saturated heterocycles. The van der Waals surface area contributed by atoms with Gasteiger partial charge >= 0.3 is 0 Å². The van der Waals surface area contributed by atoms with Crippen LogP contribution in [0.2, 0.25) is 0 Å². The molecule has 52 heavy (non-hydrogen) atoms. The molecular formula is C46H34N6. The fraction of sp³-hybridized carbons (Fsp3) is 0.0435. The number of benzene rings is 5. The molecule has 248 valence electrons. The van der Waals surface area contributed by atoms with Gasteiger partial charge in [-0.05, 0) is 67.9 Å². The summed E-state index contributed by atoms with van der Waals surface area (Å²) in [6, 6.07) is 56.3. The molecule has 6 nitrogen and oxygen atoms in total. The number of fused-ring (bicyclic) bond motifs is 6. The van der Waals surface area contributed by atoms with Crippen molar-refractivity contribution in [1.82, 2.24) is 29.1 Å². The van der Waals surface area contributed by atoms with E-state index in [2.05, 4.69) is 148 Å². The second-order valence-corrected chi connectivity index (χ2v) is 12.9. The summed E-state index contributed by atoms with van der Waals surface area (Å²) in [6.45, 7) is 4.12. The number of aromatic nitrogens is 6. The van der Waals surface area contributed by atoms with Crippen molar-refractivity contribution < 1.29 is 0 Å². The lowest BCUT2D eigenvalue weighted by Gasteiger charge is -2.12. The van der Waals surface area contributed by atoms with Gasteiger partial charge in [-0.2, -0.15) is 4.98 Å². The molecule has 0 spiro atoms. The number of aryl methyl sites for hydroxylation is 2. The Kier molecular flexibility index (Phi) is 7.82. The SMILES string of the molecule is Cc1cc(-c2ccccc2)nc(-c2ccccn2)c1.Cc1cc(-n2c3ccccc3c3ccccc32)nc(-n2c3ccccc3c3ccccc32)n1. The monoisotopic (exact) mass is 670 g/mol. The molecule has 0 aliphatic carbocycles. The molecule has 0 aliphatic rings. The fourth-order valence-electron chi connectivity index (χ4n) is 7.13. The van der Waals surface area contributed by atoms with Crippen molar-refractivity contribution in [3.8, 4) is 34.4 Å². The molecule has 10 aromatic rings. The summed E-state index contributed by atoms with van der Waals surface area (Å²) in [4.78, 5) is 19.1. The van der Waals surface area contributed by atoms with Crippen molar-refractivity contribution in [2.45, 2.75) is 13.8 Å². The van der Waals surface area contributed by atoms with Crippen LogP contribution in [0.4, 0.5) is 0 Å². The number of para-hydroxylation sites is 4. The van der Waals surface area contributed by atoms with Gasteiger partial charge in [-0.15, -0.1) is 0 Å². The molecule has 0 unspecified atom stereocenters. The van der Waals surface area contributed by atoms with E-state index in [0.29, 0.717) is 5.95 Å². The quantitative estimate of drug-likeness (QED) is 0.187. The van der Waals surface area contributed by atoms with Crippen LogP contribution in [0.25, 0.3) is 78.0 Å². The van der Waals surface area contributed by atoms with Crippen LogP contribution >= 0.6 is 0 Å². The summed E-state index contributed by atoms with van der Waals surface area (Å²) in [5, 5.41) is 4.86. The van der Waals surface area contributed by atoms with Gasteiger partial charge in [0.05, 0.1) is 39.1 Å². The molecular weight excluding hydrogens is 637 g/mol. The Morgan fingerprint density at radius 2 is 0.904 bits per heavy atom. The lowest BCUT2D eigenvalue weighted by Crippen LogP contribution is -2.07. The minimum Gasteiger partial charge on any atom is -0.294 e. The van der Waals surface area contributed by atoms with Gasteiger partial charge in [0.2, 0.25) is 5.95 Å². The van der Waals surface area contributed by atoms with Gasteiger partial charge in [-0.25, -0.2) is 9.97 Å². The van der Waals surface area contributed by atoms with Crippen molar-refractivity contribution in [2.75, 3.05) is 0 Å². The molecule has 0 fully saturated rings. The maximum absolute atomic E-state index is 5.13. The van der Waals surface area contributed by atoms with Crippen molar-refractivity contribution >= 4 is 43.6 Å². The number of hydrogen-bond acceptors (Lipinski definition) is 4. The molecule has 5 aromatic carbocycles. The minimum absolute atomic E-state index is 0.685. The highest BCUT2D eigenvalue weighted by Gasteiger charge is 2.17. The molecule has 5 heterocycles. The maximum Gasteiger partial charge on any atom is 0.236 e. The zero-order valence-electron chi connectivity index (χ0n) is 28.8. The number of pyridine rings is 2. The van der Waals surface area contributed by atoms with E-state index in [4.69, 9.17) is 15.0 Å². The van der Waals surface area contributed by atoms with Gasteiger partial charge in [0.25, 0.3) is 0 Å². The fourth-order valence-corrected chi connectivity index (χ4v) is 7.13. The summed E-state index contributed by atoms with van der Waals surface area (Å²) in [6.07, 6.45) is 1.79. The Hall–Kier alpha value is -6.92. The van der Waals surface area contributed by atoms with Crippen LogP contribution < -0.4 is 0 Å². The largest absolute Gasteiger partial charge is 0.294 e. The average Bonchev–Trinajstić information content (AvgIpc) is 3.72. The molecule has 10 rings (SSSR count). The average molecular weight is 671 g/mol. The highest BCUT2D eigenvalue weighted by atomic mass is 15.2. The van der Waals surface area contributed by atoms with E-state index in [0.717, 1.165) is 56.2 Å². The van der Waals surface area contributed by atoms with Gasteiger partial charge in [0, 0.05) is 45.1 Å². The zero-order chi connectivity index (χ0) is 35.0. The van der Waals surface area contributed by atoms with Crippen molar-refractivity contribution in [1.29, 1.82) is 0 Å². The lowest BCUT2D eigenvalue weighted by atomic mass is 10.1. The summed E-state index contributed by atoms with van der Waals surface area (Å²) in [5.41, 5.74) is 10.6.